The zero-order valence-corrected chi connectivity index (χ0v) is 14.7. The van der Waals surface area contributed by atoms with Crippen LogP contribution < -0.4 is 5.32 Å². The third-order valence-corrected chi connectivity index (χ3v) is 4.40. The molecule has 3 aromatic heterocycles. The quantitative estimate of drug-likeness (QED) is 0.530. The number of nitrogens with zero attached hydrogens (tertiary/aromatic N) is 3. The van der Waals surface area contributed by atoms with Gasteiger partial charge in [-0.05, 0) is 34.9 Å². The Labute approximate surface area is 158 Å². The van der Waals surface area contributed by atoms with Gasteiger partial charge in [0, 0.05) is 43.1 Å². The van der Waals surface area contributed by atoms with Gasteiger partial charge < -0.3 is 10.3 Å². The topological polar surface area (TPSA) is 66.5 Å². The number of pyridine rings is 1. The summed E-state index contributed by atoms with van der Waals surface area (Å²) in [6.07, 6.45) is 3.20. The summed E-state index contributed by atoms with van der Waals surface area (Å²) in [5.41, 5.74) is 2.28. The second-order valence-corrected chi connectivity index (χ2v) is 6.31. The van der Waals surface area contributed by atoms with Crippen LogP contribution in [0.5, 0.6) is 0 Å². The standard InChI is InChI=1S/C20H16F3N5/c21-20(22,23)17-6-2-1-4-14(17)11-28-19-26-9-13(10-27-19)8-15-12-25-18-16(15)5-3-7-24-18/h1-7,9-10,12H,8,11H2,(H,24,25)(H,26,27,28). The van der Waals surface area contributed by atoms with E-state index in [4.69, 9.17) is 0 Å². The molecule has 0 aliphatic heterocycles. The van der Waals surface area contributed by atoms with Crippen LogP contribution in [0.4, 0.5) is 19.1 Å². The molecule has 0 amide bonds. The molecule has 0 spiro atoms. The number of halogens is 3. The number of nitrogens with one attached hydrogen (secondary N) is 2. The van der Waals surface area contributed by atoms with Crippen LogP contribution in [-0.4, -0.2) is 19.9 Å². The summed E-state index contributed by atoms with van der Waals surface area (Å²) < 4.78 is 39.2. The Hall–Kier alpha value is -3.42. The third kappa shape index (κ3) is 3.80. The molecule has 8 heteroatoms. The molecule has 0 unspecified atom stereocenters. The van der Waals surface area contributed by atoms with Gasteiger partial charge in [0.1, 0.15) is 5.65 Å². The Morgan fingerprint density at radius 3 is 2.50 bits per heavy atom. The summed E-state index contributed by atoms with van der Waals surface area (Å²) in [7, 11) is 0. The first kappa shape index (κ1) is 18.0. The average Bonchev–Trinajstić information content (AvgIpc) is 3.10. The summed E-state index contributed by atoms with van der Waals surface area (Å²) in [5, 5.41) is 3.89. The molecular weight excluding hydrogens is 367 g/mol. The fourth-order valence-electron chi connectivity index (χ4n) is 3.04. The van der Waals surface area contributed by atoms with Crippen LogP contribution in [0.2, 0.25) is 0 Å². The molecule has 0 saturated heterocycles. The van der Waals surface area contributed by atoms with Crippen molar-refractivity contribution < 1.29 is 13.2 Å². The fourth-order valence-corrected chi connectivity index (χ4v) is 3.04. The van der Waals surface area contributed by atoms with E-state index < -0.39 is 11.7 Å². The highest BCUT2D eigenvalue weighted by atomic mass is 19.4. The fraction of sp³-hybridized carbons (Fsp3) is 0.150. The molecule has 0 radical (unpaired) electrons. The van der Waals surface area contributed by atoms with Crippen molar-refractivity contribution in [1.29, 1.82) is 0 Å². The number of alkyl halides is 3. The minimum absolute atomic E-state index is 0.0108. The third-order valence-electron chi connectivity index (χ3n) is 4.40. The largest absolute Gasteiger partial charge is 0.416 e. The smallest absolute Gasteiger partial charge is 0.350 e. The number of aromatic amines is 1. The minimum Gasteiger partial charge on any atom is -0.350 e. The second kappa shape index (κ2) is 7.30. The maximum absolute atomic E-state index is 13.1. The van der Waals surface area contributed by atoms with E-state index in [-0.39, 0.29) is 18.1 Å². The lowest BCUT2D eigenvalue weighted by Gasteiger charge is -2.13. The van der Waals surface area contributed by atoms with Gasteiger partial charge in [0.15, 0.2) is 0 Å². The van der Waals surface area contributed by atoms with E-state index in [0.29, 0.717) is 6.42 Å². The maximum atomic E-state index is 13.1. The monoisotopic (exact) mass is 383 g/mol. The normalized spacial score (nSPS) is 11.7. The van der Waals surface area contributed by atoms with Crippen molar-refractivity contribution in [2.45, 2.75) is 19.1 Å². The first-order chi connectivity index (χ1) is 13.5. The van der Waals surface area contributed by atoms with E-state index in [0.717, 1.165) is 28.2 Å². The number of rotatable bonds is 5. The van der Waals surface area contributed by atoms with Crippen molar-refractivity contribution in [2.24, 2.45) is 0 Å². The summed E-state index contributed by atoms with van der Waals surface area (Å²) in [6.45, 7) is -0.0108. The summed E-state index contributed by atoms with van der Waals surface area (Å²) in [4.78, 5) is 15.8. The SMILES string of the molecule is FC(F)(F)c1ccccc1CNc1ncc(Cc2c[nH]c3ncccc23)cn1. The Balaban J connectivity index is 1.44. The zero-order chi connectivity index (χ0) is 19.6. The van der Waals surface area contributed by atoms with Crippen molar-refractivity contribution in [3.05, 3.63) is 83.4 Å². The molecule has 0 aliphatic carbocycles. The molecule has 28 heavy (non-hydrogen) atoms. The molecule has 0 fully saturated rings. The van der Waals surface area contributed by atoms with Crippen molar-refractivity contribution in [2.75, 3.05) is 5.32 Å². The van der Waals surface area contributed by atoms with Crippen molar-refractivity contribution in [3.8, 4) is 0 Å². The minimum atomic E-state index is -4.39. The molecule has 142 valence electrons. The van der Waals surface area contributed by atoms with Gasteiger partial charge in [-0.3, -0.25) is 0 Å². The highest BCUT2D eigenvalue weighted by Crippen LogP contribution is 2.32. The Kier molecular flexibility index (Phi) is 4.68. The van der Waals surface area contributed by atoms with Crippen molar-refractivity contribution >= 4 is 17.0 Å². The number of anilines is 1. The summed E-state index contributed by atoms with van der Waals surface area (Å²) in [5.74, 6) is 0.279. The lowest BCUT2D eigenvalue weighted by atomic mass is 10.1. The molecule has 5 nitrogen and oxygen atoms in total. The number of benzene rings is 1. The van der Waals surface area contributed by atoms with Gasteiger partial charge in [-0.2, -0.15) is 13.2 Å². The molecule has 4 rings (SSSR count). The van der Waals surface area contributed by atoms with E-state index in [1.807, 2.05) is 18.3 Å². The molecule has 2 N–H and O–H groups in total. The van der Waals surface area contributed by atoms with Crippen LogP contribution in [-0.2, 0) is 19.1 Å². The molecular formula is C20H16F3N5. The number of fused-ring (bicyclic) bond motifs is 1. The maximum Gasteiger partial charge on any atom is 0.416 e. The first-order valence-electron chi connectivity index (χ1n) is 8.61. The van der Waals surface area contributed by atoms with Gasteiger partial charge >= 0.3 is 6.18 Å². The first-order valence-corrected chi connectivity index (χ1v) is 8.61. The van der Waals surface area contributed by atoms with Crippen LogP contribution in [0, 0.1) is 0 Å². The van der Waals surface area contributed by atoms with Gasteiger partial charge in [-0.25, -0.2) is 15.0 Å². The van der Waals surface area contributed by atoms with E-state index in [9.17, 15) is 13.2 Å². The lowest BCUT2D eigenvalue weighted by Crippen LogP contribution is -2.12. The van der Waals surface area contributed by atoms with Crippen LogP contribution in [0.25, 0.3) is 11.0 Å². The van der Waals surface area contributed by atoms with Crippen LogP contribution >= 0.6 is 0 Å². The molecule has 1 aromatic carbocycles. The van der Waals surface area contributed by atoms with E-state index in [1.54, 1.807) is 24.7 Å². The predicted molar refractivity (Wildman–Crippen MR) is 99.7 cm³/mol. The number of aromatic nitrogens is 4. The zero-order valence-electron chi connectivity index (χ0n) is 14.7. The van der Waals surface area contributed by atoms with Crippen LogP contribution in [0.3, 0.4) is 0 Å². The number of hydrogen-bond acceptors (Lipinski definition) is 4. The second-order valence-electron chi connectivity index (χ2n) is 6.31. The van der Waals surface area contributed by atoms with Gasteiger partial charge in [-0.1, -0.05) is 18.2 Å². The number of hydrogen-bond donors (Lipinski definition) is 2. The van der Waals surface area contributed by atoms with Gasteiger partial charge in [0.25, 0.3) is 0 Å². The van der Waals surface area contributed by atoms with Gasteiger partial charge in [0.05, 0.1) is 5.56 Å². The highest BCUT2D eigenvalue weighted by Gasteiger charge is 2.32. The van der Waals surface area contributed by atoms with Crippen molar-refractivity contribution in [1.82, 2.24) is 19.9 Å². The van der Waals surface area contributed by atoms with Gasteiger partial charge in [0.2, 0.25) is 5.95 Å². The van der Waals surface area contributed by atoms with E-state index >= 15 is 0 Å². The van der Waals surface area contributed by atoms with Crippen LogP contribution in [0.15, 0.2) is 61.2 Å². The Morgan fingerprint density at radius 1 is 0.929 bits per heavy atom. The average molecular weight is 383 g/mol. The summed E-state index contributed by atoms with van der Waals surface area (Å²) in [6, 6.07) is 9.32. The predicted octanol–water partition coefficient (Wildman–Crippen LogP) is 4.57. The van der Waals surface area contributed by atoms with Crippen molar-refractivity contribution in [3.63, 3.8) is 0 Å². The van der Waals surface area contributed by atoms with Crippen LogP contribution in [0.1, 0.15) is 22.3 Å². The molecule has 0 aliphatic rings. The Morgan fingerprint density at radius 2 is 1.71 bits per heavy atom. The number of H-pyrrole nitrogens is 1. The molecule has 0 saturated carbocycles. The summed E-state index contributed by atoms with van der Waals surface area (Å²) >= 11 is 0. The van der Waals surface area contributed by atoms with E-state index in [1.165, 1.54) is 12.1 Å². The highest BCUT2D eigenvalue weighted by molar-refractivity contribution is 5.79. The van der Waals surface area contributed by atoms with E-state index in [2.05, 4.69) is 25.3 Å². The lowest BCUT2D eigenvalue weighted by molar-refractivity contribution is -0.138. The molecule has 3 heterocycles. The van der Waals surface area contributed by atoms with Gasteiger partial charge in [-0.15, -0.1) is 0 Å². The molecule has 0 bridgehead atoms. The Bertz CT molecular complexity index is 1090. The molecule has 4 aromatic rings. The molecule has 0 atom stereocenters.